The Labute approximate surface area is 76.6 Å². The van der Waals surface area contributed by atoms with Gasteiger partial charge in [0.25, 0.3) is 0 Å². The number of aliphatic hydroxyl groups is 4. The Hall–Kier alpha value is -0.200. The van der Waals surface area contributed by atoms with Gasteiger partial charge in [-0.3, -0.25) is 0 Å². The molecule has 0 spiro atoms. The molecule has 1 saturated heterocycles. The fourth-order valence-corrected chi connectivity index (χ4v) is 1.41. The molecule has 0 aromatic carbocycles. The van der Waals surface area contributed by atoms with E-state index in [-0.39, 0.29) is 0 Å². The van der Waals surface area contributed by atoms with Crippen LogP contribution in [-0.2, 0) is 4.74 Å². The van der Waals surface area contributed by atoms with Gasteiger partial charge in [0.2, 0.25) is 0 Å². The summed E-state index contributed by atoms with van der Waals surface area (Å²) < 4.78 is 4.97. The topological polar surface area (TPSA) is 90.2 Å². The molecule has 1 fully saturated rings. The monoisotopic (exact) mass is 192 g/mol. The highest BCUT2D eigenvalue weighted by Gasteiger charge is 2.57. The lowest BCUT2D eigenvalue weighted by atomic mass is 9.82. The van der Waals surface area contributed by atoms with Crippen LogP contribution in [0.5, 0.6) is 0 Å². The van der Waals surface area contributed by atoms with Crippen LogP contribution in [0.25, 0.3) is 0 Å². The molecule has 1 heterocycles. The van der Waals surface area contributed by atoms with Crippen LogP contribution in [0.3, 0.4) is 0 Å². The van der Waals surface area contributed by atoms with Gasteiger partial charge in [0.05, 0.1) is 6.10 Å². The van der Waals surface area contributed by atoms with Crippen molar-refractivity contribution in [2.75, 3.05) is 0 Å². The zero-order valence-electron chi connectivity index (χ0n) is 7.93. The molecular weight excluding hydrogens is 176 g/mol. The third-order valence-electron chi connectivity index (χ3n) is 2.73. The molecule has 1 rings (SSSR count). The SMILES string of the molecule is C[C@H]1O[C@](C)(O)[C@](C)(O)[C@@H](O)[C@H]1O. The summed E-state index contributed by atoms with van der Waals surface area (Å²) in [6.45, 7) is 3.98. The van der Waals surface area contributed by atoms with Gasteiger partial charge in [-0.1, -0.05) is 0 Å². The number of hydrogen-bond donors (Lipinski definition) is 4. The van der Waals surface area contributed by atoms with Gasteiger partial charge in [-0.15, -0.1) is 0 Å². The van der Waals surface area contributed by atoms with Crippen molar-refractivity contribution in [3.8, 4) is 0 Å². The van der Waals surface area contributed by atoms with Gasteiger partial charge in [0.15, 0.2) is 5.79 Å². The molecule has 5 atom stereocenters. The Bertz CT molecular complexity index is 201. The van der Waals surface area contributed by atoms with E-state index >= 15 is 0 Å². The molecule has 1 aliphatic heterocycles. The smallest absolute Gasteiger partial charge is 0.194 e. The molecule has 4 N–H and O–H groups in total. The lowest BCUT2D eigenvalue weighted by molar-refractivity contribution is -0.371. The fraction of sp³-hybridized carbons (Fsp3) is 1.00. The van der Waals surface area contributed by atoms with Gasteiger partial charge in [-0.25, -0.2) is 0 Å². The fourth-order valence-electron chi connectivity index (χ4n) is 1.41. The molecule has 0 unspecified atom stereocenters. The number of hydrogen-bond acceptors (Lipinski definition) is 5. The van der Waals surface area contributed by atoms with E-state index in [0.29, 0.717) is 0 Å². The van der Waals surface area contributed by atoms with Crippen LogP contribution in [-0.4, -0.2) is 50.1 Å². The Balaban J connectivity index is 2.96. The quantitative estimate of drug-likeness (QED) is 0.378. The standard InChI is InChI=1S/C8H16O5/c1-4-5(9)6(10)7(2,11)8(3,12)13-4/h4-6,9-12H,1-3H3/t4-,5+,6+,7-,8+/m1/s1. The Morgan fingerprint density at radius 3 is 2.08 bits per heavy atom. The summed E-state index contributed by atoms with van der Waals surface area (Å²) in [5, 5.41) is 38.1. The van der Waals surface area contributed by atoms with E-state index < -0.39 is 29.7 Å². The first-order chi connectivity index (χ1) is 5.70. The predicted molar refractivity (Wildman–Crippen MR) is 43.8 cm³/mol. The average Bonchev–Trinajstić information content (AvgIpc) is 1.98. The van der Waals surface area contributed by atoms with Crippen molar-refractivity contribution in [2.45, 2.75) is 50.5 Å². The third-order valence-corrected chi connectivity index (χ3v) is 2.73. The Morgan fingerprint density at radius 1 is 1.15 bits per heavy atom. The van der Waals surface area contributed by atoms with E-state index in [0.717, 1.165) is 0 Å². The molecular formula is C8H16O5. The lowest BCUT2D eigenvalue weighted by Crippen LogP contribution is -2.69. The highest BCUT2D eigenvalue weighted by Crippen LogP contribution is 2.35. The Morgan fingerprint density at radius 2 is 1.62 bits per heavy atom. The van der Waals surface area contributed by atoms with Crippen molar-refractivity contribution in [1.82, 2.24) is 0 Å². The van der Waals surface area contributed by atoms with Gasteiger partial charge < -0.3 is 25.2 Å². The summed E-state index contributed by atoms with van der Waals surface area (Å²) in [5.41, 5.74) is -1.88. The van der Waals surface area contributed by atoms with Crippen LogP contribution < -0.4 is 0 Å². The molecule has 5 heteroatoms. The molecule has 0 aromatic rings. The van der Waals surface area contributed by atoms with Crippen molar-refractivity contribution in [2.24, 2.45) is 0 Å². The molecule has 0 aliphatic carbocycles. The number of aliphatic hydroxyl groups excluding tert-OH is 2. The van der Waals surface area contributed by atoms with Gasteiger partial charge in [0, 0.05) is 0 Å². The van der Waals surface area contributed by atoms with Crippen molar-refractivity contribution in [3.63, 3.8) is 0 Å². The maximum Gasteiger partial charge on any atom is 0.194 e. The van der Waals surface area contributed by atoms with Gasteiger partial charge in [0.1, 0.15) is 17.8 Å². The van der Waals surface area contributed by atoms with Crippen LogP contribution in [0.2, 0.25) is 0 Å². The largest absolute Gasteiger partial charge is 0.388 e. The van der Waals surface area contributed by atoms with Crippen molar-refractivity contribution < 1.29 is 25.2 Å². The maximum absolute atomic E-state index is 9.67. The van der Waals surface area contributed by atoms with Gasteiger partial charge in [-0.2, -0.15) is 0 Å². The highest BCUT2D eigenvalue weighted by atomic mass is 16.7. The van der Waals surface area contributed by atoms with Crippen LogP contribution in [0.4, 0.5) is 0 Å². The van der Waals surface area contributed by atoms with Crippen LogP contribution in [0.15, 0.2) is 0 Å². The van der Waals surface area contributed by atoms with E-state index in [2.05, 4.69) is 0 Å². The summed E-state index contributed by atoms with van der Waals surface area (Å²) >= 11 is 0. The van der Waals surface area contributed by atoms with E-state index in [1.165, 1.54) is 20.8 Å². The van der Waals surface area contributed by atoms with Crippen LogP contribution >= 0.6 is 0 Å². The minimum atomic E-state index is -1.88. The predicted octanol–water partition coefficient (Wildman–Crippen LogP) is -1.41. The van der Waals surface area contributed by atoms with E-state index in [1.807, 2.05) is 0 Å². The van der Waals surface area contributed by atoms with E-state index in [4.69, 9.17) is 4.74 Å². The van der Waals surface area contributed by atoms with E-state index in [9.17, 15) is 20.4 Å². The van der Waals surface area contributed by atoms with Gasteiger partial charge >= 0.3 is 0 Å². The highest BCUT2D eigenvalue weighted by molar-refractivity contribution is 5.01. The summed E-state index contributed by atoms with van der Waals surface area (Å²) in [6, 6.07) is 0. The zero-order chi connectivity index (χ0) is 10.4. The average molecular weight is 192 g/mol. The Kier molecular flexibility index (Phi) is 2.42. The lowest BCUT2D eigenvalue weighted by Gasteiger charge is -2.49. The third kappa shape index (κ3) is 1.47. The number of ether oxygens (including phenoxy) is 1. The second-order valence-corrected chi connectivity index (χ2v) is 3.89. The summed E-state index contributed by atoms with van der Waals surface area (Å²) in [5.74, 6) is -1.86. The minimum Gasteiger partial charge on any atom is -0.388 e. The molecule has 0 radical (unpaired) electrons. The number of rotatable bonds is 0. The van der Waals surface area contributed by atoms with Gasteiger partial charge in [-0.05, 0) is 20.8 Å². The van der Waals surface area contributed by atoms with Crippen molar-refractivity contribution in [1.29, 1.82) is 0 Å². The zero-order valence-corrected chi connectivity index (χ0v) is 7.93. The second kappa shape index (κ2) is 2.90. The molecule has 0 aromatic heterocycles. The van der Waals surface area contributed by atoms with Crippen LogP contribution in [0.1, 0.15) is 20.8 Å². The molecule has 13 heavy (non-hydrogen) atoms. The first-order valence-corrected chi connectivity index (χ1v) is 4.19. The molecule has 5 nitrogen and oxygen atoms in total. The van der Waals surface area contributed by atoms with Crippen molar-refractivity contribution in [3.05, 3.63) is 0 Å². The molecule has 0 amide bonds. The summed E-state index contributed by atoms with van der Waals surface area (Å²) in [7, 11) is 0. The summed E-state index contributed by atoms with van der Waals surface area (Å²) in [4.78, 5) is 0. The molecule has 0 bridgehead atoms. The first kappa shape index (κ1) is 10.9. The summed E-state index contributed by atoms with van der Waals surface area (Å²) in [6.07, 6.45) is -3.34. The van der Waals surface area contributed by atoms with E-state index in [1.54, 1.807) is 0 Å². The molecule has 0 saturated carbocycles. The molecule has 1 aliphatic rings. The molecule has 78 valence electrons. The maximum atomic E-state index is 9.67. The second-order valence-electron chi connectivity index (χ2n) is 3.89. The van der Waals surface area contributed by atoms with Crippen LogP contribution in [0, 0.1) is 0 Å². The van der Waals surface area contributed by atoms with Crippen molar-refractivity contribution >= 4 is 0 Å². The minimum absolute atomic E-state index is 0.717. The first-order valence-electron chi connectivity index (χ1n) is 4.19. The normalized spacial score (nSPS) is 57.9.